The molecule has 1 aliphatic heterocycles. The molecule has 0 bridgehead atoms. The number of nitrogens with zero attached hydrogens (tertiary/aromatic N) is 3. The van der Waals surface area contributed by atoms with Crippen molar-refractivity contribution in [2.24, 2.45) is 0 Å². The normalized spacial score (nSPS) is 13.8. The van der Waals surface area contributed by atoms with Crippen LogP contribution in [-0.4, -0.2) is 46.9 Å². The van der Waals surface area contributed by atoms with Crippen LogP contribution in [0.1, 0.15) is 35.4 Å². The molecule has 2 heterocycles. The summed E-state index contributed by atoms with van der Waals surface area (Å²) in [5.41, 5.74) is 4.02. The fourth-order valence-electron chi connectivity index (χ4n) is 3.71. The van der Waals surface area contributed by atoms with Crippen molar-refractivity contribution in [2.75, 3.05) is 19.8 Å². The van der Waals surface area contributed by atoms with Gasteiger partial charge in [-0.25, -0.2) is 9.97 Å². The Labute approximate surface area is 198 Å². The number of amides is 1. The van der Waals surface area contributed by atoms with E-state index in [1.54, 1.807) is 12.3 Å². The van der Waals surface area contributed by atoms with Crippen LogP contribution in [-0.2, 0) is 22.5 Å². The van der Waals surface area contributed by atoms with Crippen LogP contribution < -0.4 is 10.1 Å². The number of carbonyl (C=O) groups excluding carboxylic acids is 1. The van der Waals surface area contributed by atoms with Gasteiger partial charge in [-0.2, -0.15) is 5.26 Å². The van der Waals surface area contributed by atoms with E-state index in [9.17, 15) is 10.1 Å². The molecule has 0 atom stereocenters. The number of aromatic nitrogens is 2. The van der Waals surface area contributed by atoms with E-state index in [-0.39, 0.29) is 6.10 Å². The number of carbonyl (C=O) groups is 1. The van der Waals surface area contributed by atoms with Gasteiger partial charge in [-0.15, -0.1) is 0 Å². The molecule has 174 valence electrons. The number of ether oxygens (including phenoxy) is 2. The quantitative estimate of drug-likeness (QED) is 0.533. The maximum Gasteiger partial charge on any atom is 0.245 e. The predicted molar refractivity (Wildman–Crippen MR) is 125 cm³/mol. The zero-order chi connectivity index (χ0) is 23.8. The Hall–Kier alpha value is -3.80. The van der Waals surface area contributed by atoms with E-state index in [2.05, 4.69) is 21.4 Å². The molecule has 1 saturated heterocycles. The van der Waals surface area contributed by atoms with Crippen LogP contribution in [0, 0.1) is 11.3 Å². The van der Waals surface area contributed by atoms with Gasteiger partial charge in [0.1, 0.15) is 30.4 Å². The third-order valence-electron chi connectivity index (χ3n) is 5.58. The van der Waals surface area contributed by atoms with Crippen molar-refractivity contribution in [3.05, 3.63) is 77.2 Å². The van der Waals surface area contributed by atoms with Crippen LogP contribution in [0.15, 0.2) is 54.7 Å². The molecule has 1 amide bonds. The fraction of sp³-hybridized carbons (Fsp3) is 0.308. The number of hydrogen-bond donors (Lipinski definition) is 2. The molecule has 0 radical (unpaired) electrons. The molecule has 34 heavy (non-hydrogen) atoms. The molecule has 0 saturated carbocycles. The Morgan fingerprint density at radius 1 is 1.15 bits per heavy atom. The molecule has 1 aliphatic rings. The standard InChI is InChI=1S/C26H26N4O4/c27-15-21-14-20(5-6-24(21)34-22-8-11-33-12-9-22)23-7-10-28-25(30-23)13-18-1-3-19(4-2-18)16-29-26(32)17-31/h1-7,10,14,22,31H,8-9,11-13,16-17H2,(H,29,32). The second-order valence-corrected chi connectivity index (χ2v) is 8.04. The van der Waals surface area contributed by atoms with Crippen molar-refractivity contribution in [3.8, 4) is 23.1 Å². The number of hydrogen-bond acceptors (Lipinski definition) is 7. The Morgan fingerprint density at radius 2 is 1.91 bits per heavy atom. The van der Waals surface area contributed by atoms with Gasteiger partial charge in [-0.3, -0.25) is 4.79 Å². The third-order valence-corrected chi connectivity index (χ3v) is 5.58. The Morgan fingerprint density at radius 3 is 2.65 bits per heavy atom. The minimum absolute atomic E-state index is 0.0645. The summed E-state index contributed by atoms with van der Waals surface area (Å²) in [6, 6.07) is 17.4. The molecule has 0 aliphatic carbocycles. The van der Waals surface area contributed by atoms with Crippen LogP contribution in [0.3, 0.4) is 0 Å². The maximum absolute atomic E-state index is 11.2. The van der Waals surface area contributed by atoms with E-state index in [0.717, 1.165) is 35.2 Å². The number of rotatable bonds is 8. The van der Waals surface area contributed by atoms with Gasteiger partial charge in [0.25, 0.3) is 0 Å². The number of aliphatic hydroxyl groups is 1. The van der Waals surface area contributed by atoms with Gasteiger partial charge in [0.15, 0.2) is 0 Å². The summed E-state index contributed by atoms with van der Waals surface area (Å²) in [6.07, 6.45) is 3.97. The summed E-state index contributed by atoms with van der Waals surface area (Å²) in [6.45, 7) is 1.20. The fourth-order valence-corrected chi connectivity index (χ4v) is 3.71. The van der Waals surface area contributed by atoms with Crippen LogP contribution in [0.25, 0.3) is 11.3 Å². The highest BCUT2D eigenvalue weighted by atomic mass is 16.5. The molecule has 3 aromatic rings. The van der Waals surface area contributed by atoms with E-state index in [1.807, 2.05) is 42.5 Å². The highest BCUT2D eigenvalue weighted by molar-refractivity contribution is 5.76. The molecule has 1 fully saturated rings. The first-order valence-corrected chi connectivity index (χ1v) is 11.2. The van der Waals surface area contributed by atoms with Crippen molar-refractivity contribution in [1.29, 1.82) is 5.26 Å². The number of benzene rings is 2. The lowest BCUT2D eigenvalue weighted by Gasteiger charge is -2.23. The molecule has 2 aromatic carbocycles. The first kappa shape index (κ1) is 23.4. The molecule has 2 N–H and O–H groups in total. The maximum atomic E-state index is 11.2. The number of aliphatic hydroxyl groups excluding tert-OH is 1. The van der Waals surface area contributed by atoms with Gasteiger partial charge in [0, 0.05) is 37.6 Å². The van der Waals surface area contributed by atoms with Crippen molar-refractivity contribution in [3.63, 3.8) is 0 Å². The van der Waals surface area contributed by atoms with Crippen LogP contribution in [0.5, 0.6) is 5.75 Å². The van der Waals surface area contributed by atoms with E-state index in [0.29, 0.717) is 43.3 Å². The van der Waals surface area contributed by atoms with Gasteiger partial charge in [0.2, 0.25) is 5.91 Å². The van der Waals surface area contributed by atoms with Crippen LogP contribution in [0.4, 0.5) is 0 Å². The summed E-state index contributed by atoms with van der Waals surface area (Å²) in [5.74, 6) is 0.847. The summed E-state index contributed by atoms with van der Waals surface area (Å²) in [5, 5.41) is 21.1. The molecular formula is C26H26N4O4. The summed E-state index contributed by atoms with van der Waals surface area (Å²) < 4.78 is 11.4. The molecule has 1 aromatic heterocycles. The lowest BCUT2D eigenvalue weighted by atomic mass is 10.1. The van der Waals surface area contributed by atoms with E-state index in [1.165, 1.54) is 0 Å². The first-order chi connectivity index (χ1) is 16.6. The highest BCUT2D eigenvalue weighted by Gasteiger charge is 2.17. The minimum Gasteiger partial charge on any atom is -0.489 e. The second-order valence-electron chi connectivity index (χ2n) is 8.04. The molecule has 8 heteroatoms. The van der Waals surface area contributed by atoms with Gasteiger partial charge < -0.3 is 19.9 Å². The smallest absolute Gasteiger partial charge is 0.245 e. The summed E-state index contributed by atoms with van der Waals surface area (Å²) in [7, 11) is 0. The van der Waals surface area contributed by atoms with Crippen molar-refractivity contribution in [2.45, 2.75) is 31.9 Å². The van der Waals surface area contributed by atoms with Gasteiger partial charge in [-0.1, -0.05) is 24.3 Å². The minimum atomic E-state index is -0.521. The van der Waals surface area contributed by atoms with E-state index in [4.69, 9.17) is 14.6 Å². The van der Waals surface area contributed by atoms with Crippen LogP contribution in [0.2, 0.25) is 0 Å². The van der Waals surface area contributed by atoms with E-state index < -0.39 is 12.5 Å². The number of nitrogens with one attached hydrogen (secondary N) is 1. The van der Waals surface area contributed by atoms with Crippen molar-refractivity contribution in [1.82, 2.24) is 15.3 Å². The molecular weight excluding hydrogens is 432 g/mol. The van der Waals surface area contributed by atoms with Crippen molar-refractivity contribution >= 4 is 5.91 Å². The van der Waals surface area contributed by atoms with E-state index >= 15 is 0 Å². The second kappa shape index (κ2) is 11.4. The zero-order valence-corrected chi connectivity index (χ0v) is 18.7. The topological polar surface area (TPSA) is 117 Å². The SMILES string of the molecule is N#Cc1cc(-c2ccnc(Cc3ccc(CNC(=O)CO)cc3)n2)ccc1OC1CCOCC1. The molecule has 4 rings (SSSR count). The summed E-state index contributed by atoms with van der Waals surface area (Å²) >= 11 is 0. The Kier molecular flexibility index (Phi) is 7.81. The highest BCUT2D eigenvalue weighted by Crippen LogP contribution is 2.27. The number of nitriles is 1. The largest absolute Gasteiger partial charge is 0.489 e. The van der Waals surface area contributed by atoms with Gasteiger partial charge in [-0.05, 0) is 35.4 Å². The lowest BCUT2D eigenvalue weighted by Crippen LogP contribution is -2.26. The predicted octanol–water partition coefficient (Wildman–Crippen LogP) is 2.77. The molecule has 8 nitrogen and oxygen atoms in total. The zero-order valence-electron chi connectivity index (χ0n) is 18.7. The average molecular weight is 459 g/mol. The van der Waals surface area contributed by atoms with Crippen molar-refractivity contribution < 1.29 is 19.4 Å². The first-order valence-electron chi connectivity index (χ1n) is 11.2. The summed E-state index contributed by atoms with van der Waals surface area (Å²) in [4.78, 5) is 20.3. The third kappa shape index (κ3) is 6.16. The average Bonchev–Trinajstić information content (AvgIpc) is 2.89. The Bertz CT molecular complexity index is 1170. The molecule has 0 spiro atoms. The monoisotopic (exact) mass is 458 g/mol. The van der Waals surface area contributed by atoms with Crippen LogP contribution >= 0.6 is 0 Å². The lowest BCUT2D eigenvalue weighted by molar-refractivity contribution is -0.123. The van der Waals surface area contributed by atoms with Gasteiger partial charge >= 0.3 is 0 Å². The van der Waals surface area contributed by atoms with Gasteiger partial charge in [0.05, 0.1) is 24.5 Å². The molecule has 0 unspecified atom stereocenters. The Balaban J connectivity index is 1.44.